The van der Waals surface area contributed by atoms with Crippen LogP contribution in [0.2, 0.25) is 5.02 Å². The average Bonchev–Trinajstić information content (AvgIpc) is 3.46. The summed E-state index contributed by atoms with van der Waals surface area (Å²) in [5, 5.41) is 12.6. The van der Waals surface area contributed by atoms with E-state index in [4.69, 9.17) is 21.8 Å². The predicted molar refractivity (Wildman–Crippen MR) is 145 cm³/mol. The maximum atomic E-state index is 16.5. The Balaban J connectivity index is 1.40. The summed E-state index contributed by atoms with van der Waals surface area (Å²) in [5.74, 6) is -1.85. The molecule has 2 bridgehead atoms. The zero-order valence-corrected chi connectivity index (χ0v) is 22.7. The van der Waals surface area contributed by atoms with E-state index in [0.717, 1.165) is 23.9 Å². The number of ether oxygens (including phenoxy) is 1. The molecule has 0 aliphatic carbocycles. The largest absolute Gasteiger partial charge is 0.508 e. The van der Waals surface area contributed by atoms with Crippen LogP contribution in [-0.4, -0.2) is 81.4 Å². The highest BCUT2D eigenvalue weighted by Crippen LogP contribution is 2.45. The van der Waals surface area contributed by atoms with E-state index < -0.39 is 75.9 Å². The fourth-order valence-electron chi connectivity index (χ4n) is 6.56. The lowest BCUT2D eigenvalue weighted by molar-refractivity contribution is -0.137. The number of aromatic hydroxyl groups is 1. The van der Waals surface area contributed by atoms with Crippen LogP contribution in [0.4, 0.5) is 27.8 Å². The molecule has 7 heterocycles. The number of phenols is 1. The summed E-state index contributed by atoms with van der Waals surface area (Å²) in [6.07, 6.45) is -4.33. The molecule has 2 N–H and O–H groups in total. The Bertz CT molecular complexity index is 1730. The van der Waals surface area contributed by atoms with E-state index in [-0.39, 0.29) is 49.1 Å². The summed E-state index contributed by atoms with van der Waals surface area (Å²) in [4.78, 5) is 15.6. The summed E-state index contributed by atoms with van der Waals surface area (Å²) >= 11 is 5.85. The SMILES string of the molecule is [2H]C1([2H])CC[C@@]2(C([2H])([2H])Oc3nc(N4CC5CCC4CN5)c4cnc(-c5cc(O)cc(Cl)c5C(F)(F)F)c(F)c4n3)C[C@@H](F)CN12. The van der Waals surface area contributed by atoms with E-state index in [1.165, 1.54) is 0 Å². The standard InChI is InChI=1S/C28H28ClF5N6O2/c29-20-7-17(41)6-18(21(20)28(32,33)34)23-22(31)24-19(10-36-23)25(40-12-15-2-3-16(40)9-35-15)38-26(37-24)42-13-27-4-1-5-39(27)11-14(30)8-27/h6-7,10,14-16,35,41H,1-5,8-9,11-13H2/t14-,15?,16?,27+/m1/s1/i5D2,13D2. The van der Waals surface area contributed by atoms with Gasteiger partial charge >= 0.3 is 12.2 Å². The lowest BCUT2D eigenvalue weighted by atomic mass is 9.93. The van der Waals surface area contributed by atoms with Crippen molar-refractivity contribution in [1.82, 2.24) is 25.2 Å². The smallest absolute Gasteiger partial charge is 0.418 e. The number of piperidine rings is 2. The number of hydrogen-bond donors (Lipinski definition) is 2. The van der Waals surface area contributed by atoms with E-state index in [1.807, 2.05) is 4.90 Å². The van der Waals surface area contributed by atoms with Gasteiger partial charge in [-0.3, -0.25) is 9.88 Å². The van der Waals surface area contributed by atoms with Gasteiger partial charge < -0.3 is 20.1 Å². The molecule has 8 rings (SSSR count). The maximum absolute atomic E-state index is 16.5. The van der Waals surface area contributed by atoms with Crippen molar-refractivity contribution >= 4 is 28.3 Å². The molecule has 42 heavy (non-hydrogen) atoms. The fourth-order valence-corrected chi connectivity index (χ4v) is 6.88. The molecule has 0 radical (unpaired) electrons. The minimum absolute atomic E-state index is 0.0307. The van der Waals surface area contributed by atoms with Gasteiger partial charge in [0.05, 0.1) is 24.3 Å². The quantitative estimate of drug-likeness (QED) is 0.384. The lowest BCUT2D eigenvalue weighted by Crippen LogP contribution is -2.61. The van der Waals surface area contributed by atoms with Crippen LogP contribution in [0.3, 0.4) is 0 Å². The summed E-state index contributed by atoms with van der Waals surface area (Å²) in [7, 11) is 0. The number of rotatable bonds is 5. The highest BCUT2D eigenvalue weighted by atomic mass is 35.5. The molecule has 5 aliphatic heterocycles. The summed E-state index contributed by atoms with van der Waals surface area (Å²) in [6, 6.07) is 0.677. The highest BCUT2D eigenvalue weighted by Gasteiger charge is 2.49. The Morgan fingerprint density at radius 1 is 1.26 bits per heavy atom. The van der Waals surface area contributed by atoms with Crippen LogP contribution in [0.5, 0.6) is 11.8 Å². The van der Waals surface area contributed by atoms with Crippen LogP contribution in [0.15, 0.2) is 18.3 Å². The van der Waals surface area contributed by atoms with Gasteiger partial charge in [0.25, 0.3) is 0 Å². The van der Waals surface area contributed by atoms with Gasteiger partial charge in [-0.1, -0.05) is 11.6 Å². The Kier molecular flexibility index (Phi) is 5.59. The molecule has 2 unspecified atom stereocenters. The summed E-state index contributed by atoms with van der Waals surface area (Å²) < 4.78 is 114. The second-order valence-electron chi connectivity index (χ2n) is 11.2. The second-order valence-corrected chi connectivity index (χ2v) is 11.6. The molecule has 2 aromatic heterocycles. The molecular formula is C28H28ClF5N6O2. The molecular weight excluding hydrogens is 583 g/mol. The lowest BCUT2D eigenvalue weighted by Gasteiger charge is -2.46. The normalized spacial score (nSPS) is 30.6. The van der Waals surface area contributed by atoms with Crippen molar-refractivity contribution in [3.8, 4) is 23.0 Å². The zero-order chi connectivity index (χ0) is 33.0. The molecule has 1 aromatic carbocycles. The summed E-state index contributed by atoms with van der Waals surface area (Å²) in [6.45, 7) is -4.10. The number of halogens is 6. The minimum atomic E-state index is -5.04. The first-order valence-electron chi connectivity index (χ1n) is 15.6. The Morgan fingerprint density at radius 2 is 2.10 bits per heavy atom. The predicted octanol–water partition coefficient (Wildman–Crippen LogP) is 5.10. The van der Waals surface area contributed by atoms with E-state index in [9.17, 15) is 22.7 Å². The van der Waals surface area contributed by atoms with Crippen LogP contribution < -0.4 is 15.0 Å². The van der Waals surface area contributed by atoms with E-state index >= 15 is 4.39 Å². The molecule has 3 aromatic rings. The Labute approximate surface area is 248 Å². The first kappa shape index (κ1) is 23.4. The Hall–Kier alpha value is -3.03. The van der Waals surface area contributed by atoms with Gasteiger partial charge in [-0.25, -0.2) is 8.78 Å². The molecule has 0 amide bonds. The van der Waals surface area contributed by atoms with Gasteiger partial charge in [-0.2, -0.15) is 23.1 Å². The minimum Gasteiger partial charge on any atom is -0.508 e. The van der Waals surface area contributed by atoms with Crippen molar-refractivity contribution in [2.24, 2.45) is 0 Å². The van der Waals surface area contributed by atoms with Crippen LogP contribution in [-0.2, 0) is 6.18 Å². The number of hydrogen-bond acceptors (Lipinski definition) is 8. The van der Waals surface area contributed by atoms with Crippen molar-refractivity contribution in [2.45, 2.75) is 62.1 Å². The number of benzene rings is 1. The third-order valence-corrected chi connectivity index (χ3v) is 8.81. The third-order valence-electron chi connectivity index (χ3n) is 8.51. The number of anilines is 1. The number of alkyl halides is 4. The van der Waals surface area contributed by atoms with E-state index in [2.05, 4.69) is 20.3 Å². The molecule has 0 spiro atoms. The Morgan fingerprint density at radius 3 is 2.81 bits per heavy atom. The molecule has 14 heteroatoms. The van der Waals surface area contributed by atoms with Gasteiger partial charge in [0.2, 0.25) is 0 Å². The number of aromatic nitrogens is 3. The van der Waals surface area contributed by atoms with Gasteiger partial charge in [0, 0.05) is 52.6 Å². The van der Waals surface area contributed by atoms with Gasteiger partial charge in [-0.05, 0) is 44.3 Å². The van der Waals surface area contributed by atoms with Crippen molar-refractivity contribution in [3.63, 3.8) is 0 Å². The molecule has 0 saturated carbocycles. The first-order chi connectivity index (χ1) is 21.5. The third kappa shape index (κ3) is 4.60. The number of piperazine rings is 1. The number of pyridine rings is 1. The van der Waals surface area contributed by atoms with Crippen LogP contribution in [0, 0.1) is 5.82 Å². The molecule has 4 atom stereocenters. The van der Waals surface area contributed by atoms with E-state index in [1.54, 1.807) is 0 Å². The van der Waals surface area contributed by atoms with Crippen LogP contribution >= 0.6 is 11.6 Å². The zero-order valence-electron chi connectivity index (χ0n) is 26.0. The monoisotopic (exact) mass is 614 g/mol. The number of phenolic OH excluding ortho intramolecular Hbond substituents is 1. The molecule has 5 saturated heterocycles. The second kappa shape index (κ2) is 10.0. The number of fused-ring (bicyclic) bond motifs is 5. The van der Waals surface area contributed by atoms with Crippen molar-refractivity contribution in [3.05, 3.63) is 34.7 Å². The molecule has 8 nitrogen and oxygen atoms in total. The topological polar surface area (TPSA) is 86.6 Å². The molecule has 224 valence electrons. The van der Waals surface area contributed by atoms with Gasteiger partial charge in [-0.15, -0.1) is 0 Å². The number of nitrogens with one attached hydrogen (secondary N) is 1. The number of nitrogens with zero attached hydrogens (tertiary/aromatic N) is 5. The van der Waals surface area contributed by atoms with Gasteiger partial charge in [0.15, 0.2) is 5.82 Å². The van der Waals surface area contributed by atoms with Crippen LogP contribution in [0.25, 0.3) is 22.2 Å². The van der Waals surface area contributed by atoms with Crippen LogP contribution in [0.1, 0.15) is 43.2 Å². The maximum Gasteiger partial charge on any atom is 0.418 e. The van der Waals surface area contributed by atoms with Crippen molar-refractivity contribution in [2.75, 3.05) is 37.6 Å². The van der Waals surface area contributed by atoms with Crippen molar-refractivity contribution < 1.29 is 37.3 Å². The summed E-state index contributed by atoms with van der Waals surface area (Å²) in [5.41, 5.74) is -5.31. The van der Waals surface area contributed by atoms with Gasteiger partial charge in [0.1, 0.15) is 35.5 Å². The highest BCUT2D eigenvalue weighted by molar-refractivity contribution is 6.32. The average molecular weight is 615 g/mol. The molecule has 5 aliphatic rings. The fraction of sp³-hybridized carbons (Fsp3) is 0.536. The van der Waals surface area contributed by atoms with E-state index in [0.29, 0.717) is 25.2 Å². The molecule has 5 fully saturated rings. The first-order valence-corrected chi connectivity index (χ1v) is 14.0. The van der Waals surface area contributed by atoms with Crippen molar-refractivity contribution in [1.29, 1.82) is 0 Å².